The van der Waals surface area contributed by atoms with E-state index in [4.69, 9.17) is 4.74 Å². The molecule has 0 aromatic heterocycles. The number of para-hydroxylation sites is 1. The van der Waals surface area contributed by atoms with Crippen molar-refractivity contribution >= 4 is 11.4 Å². The third kappa shape index (κ3) is 3.52. The quantitative estimate of drug-likeness (QED) is 0.850. The number of anilines is 2. The summed E-state index contributed by atoms with van der Waals surface area (Å²) >= 11 is 0. The molecule has 0 saturated heterocycles. The zero-order valence-electron chi connectivity index (χ0n) is 10.1. The Balaban J connectivity index is 2.03. The molecule has 0 heterocycles. The molecule has 0 atom stereocenters. The molecule has 0 unspecified atom stereocenters. The largest absolute Gasteiger partial charge is 0.491 e. The maximum absolute atomic E-state index is 5.58. The van der Waals surface area contributed by atoms with Gasteiger partial charge in [-0.1, -0.05) is 18.2 Å². The van der Waals surface area contributed by atoms with Crippen LogP contribution >= 0.6 is 0 Å². The molecule has 1 radical (unpaired) electrons. The van der Waals surface area contributed by atoms with Crippen molar-refractivity contribution < 1.29 is 4.74 Å². The van der Waals surface area contributed by atoms with Crippen molar-refractivity contribution in [2.45, 2.75) is 20.0 Å². The predicted molar refractivity (Wildman–Crippen MR) is 70.8 cm³/mol. The van der Waals surface area contributed by atoms with Crippen LogP contribution in [0.15, 0.2) is 48.5 Å². The first-order valence-electron chi connectivity index (χ1n) is 5.74. The van der Waals surface area contributed by atoms with Crippen molar-refractivity contribution in [2.75, 3.05) is 5.32 Å². The first-order chi connectivity index (χ1) is 8.24. The third-order valence-electron chi connectivity index (χ3n) is 2.21. The van der Waals surface area contributed by atoms with Gasteiger partial charge in [-0.2, -0.15) is 0 Å². The monoisotopic (exact) mass is 226 g/mol. The second-order valence-electron chi connectivity index (χ2n) is 4.09. The number of rotatable bonds is 4. The molecule has 2 aromatic rings. The van der Waals surface area contributed by atoms with Gasteiger partial charge in [0.2, 0.25) is 0 Å². The van der Waals surface area contributed by atoms with E-state index in [1.54, 1.807) is 0 Å². The van der Waals surface area contributed by atoms with Crippen molar-refractivity contribution in [3.8, 4) is 5.75 Å². The first-order valence-corrected chi connectivity index (χ1v) is 5.74. The van der Waals surface area contributed by atoms with Gasteiger partial charge in [-0.3, -0.25) is 0 Å². The molecule has 2 rings (SSSR count). The van der Waals surface area contributed by atoms with E-state index in [0.717, 1.165) is 17.1 Å². The fourth-order valence-electron chi connectivity index (χ4n) is 1.52. The van der Waals surface area contributed by atoms with E-state index in [0.29, 0.717) is 0 Å². The van der Waals surface area contributed by atoms with Gasteiger partial charge in [0.25, 0.3) is 0 Å². The lowest BCUT2D eigenvalue weighted by Crippen LogP contribution is -2.05. The van der Waals surface area contributed by atoms with Gasteiger partial charge in [-0.25, -0.2) is 0 Å². The molecule has 2 heteroatoms. The van der Waals surface area contributed by atoms with Crippen LogP contribution in [0.4, 0.5) is 11.4 Å². The highest BCUT2D eigenvalue weighted by Gasteiger charge is 1.98. The molecular formula is C15H16NO. The van der Waals surface area contributed by atoms with Gasteiger partial charge in [0.05, 0.1) is 6.10 Å². The number of hydrogen-bond donors (Lipinski definition) is 1. The Bertz CT molecular complexity index is 448. The zero-order valence-corrected chi connectivity index (χ0v) is 10.1. The van der Waals surface area contributed by atoms with Crippen molar-refractivity contribution in [1.29, 1.82) is 0 Å². The fraction of sp³-hybridized carbons (Fsp3) is 0.200. The summed E-state index contributed by atoms with van der Waals surface area (Å²) in [7, 11) is 0. The Hall–Kier alpha value is -1.96. The van der Waals surface area contributed by atoms with Crippen molar-refractivity contribution in [3.63, 3.8) is 0 Å². The van der Waals surface area contributed by atoms with E-state index >= 15 is 0 Å². The molecule has 2 nitrogen and oxygen atoms in total. The van der Waals surface area contributed by atoms with Crippen molar-refractivity contribution in [2.24, 2.45) is 0 Å². The van der Waals surface area contributed by atoms with Crippen LogP contribution in [0, 0.1) is 6.07 Å². The van der Waals surface area contributed by atoms with Gasteiger partial charge in [-0.15, -0.1) is 0 Å². The second-order valence-corrected chi connectivity index (χ2v) is 4.09. The Morgan fingerprint density at radius 3 is 2.41 bits per heavy atom. The summed E-state index contributed by atoms with van der Waals surface area (Å²) in [5.74, 6) is 0.891. The zero-order chi connectivity index (χ0) is 12.1. The minimum atomic E-state index is 0.205. The molecule has 1 N–H and O–H groups in total. The van der Waals surface area contributed by atoms with Crippen LogP contribution in [0.25, 0.3) is 0 Å². The van der Waals surface area contributed by atoms with Gasteiger partial charge >= 0.3 is 0 Å². The third-order valence-corrected chi connectivity index (χ3v) is 2.21. The van der Waals surface area contributed by atoms with Crippen LogP contribution in [0.2, 0.25) is 0 Å². The van der Waals surface area contributed by atoms with Crippen LogP contribution in [0.3, 0.4) is 0 Å². The molecule has 87 valence electrons. The normalized spacial score (nSPS) is 10.3. The first kappa shape index (κ1) is 11.5. The summed E-state index contributed by atoms with van der Waals surface area (Å²) in [5.41, 5.74) is 1.99. The molecule has 0 aliphatic rings. The average Bonchev–Trinajstić information content (AvgIpc) is 2.32. The molecule has 17 heavy (non-hydrogen) atoms. The number of ether oxygens (including phenoxy) is 1. The molecule has 0 saturated carbocycles. The molecule has 2 aromatic carbocycles. The molecule has 0 amide bonds. The molecule has 0 fully saturated rings. The number of benzene rings is 2. The maximum atomic E-state index is 5.58. The van der Waals surface area contributed by atoms with E-state index in [-0.39, 0.29) is 6.10 Å². The summed E-state index contributed by atoms with van der Waals surface area (Å²) in [4.78, 5) is 0. The van der Waals surface area contributed by atoms with Gasteiger partial charge in [0.1, 0.15) is 5.75 Å². The van der Waals surface area contributed by atoms with Crippen molar-refractivity contribution in [1.82, 2.24) is 0 Å². The number of hydrogen-bond acceptors (Lipinski definition) is 2. The summed E-state index contributed by atoms with van der Waals surface area (Å²) in [5, 5.41) is 3.27. The van der Waals surface area contributed by atoms with E-state index in [1.165, 1.54) is 0 Å². The van der Waals surface area contributed by atoms with E-state index in [2.05, 4.69) is 11.4 Å². The van der Waals surface area contributed by atoms with Crippen LogP contribution in [0.5, 0.6) is 5.75 Å². The van der Waals surface area contributed by atoms with Gasteiger partial charge < -0.3 is 10.1 Å². The smallest absolute Gasteiger partial charge is 0.119 e. The summed E-state index contributed by atoms with van der Waals surface area (Å²) in [6, 6.07) is 18.8. The van der Waals surface area contributed by atoms with Crippen LogP contribution in [-0.2, 0) is 0 Å². The van der Waals surface area contributed by atoms with Crippen LogP contribution in [0.1, 0.15) is 13.8 Å². The minimum Gasteiger partial charge on any atom is -0.491 e. The molecule has 0 aliphatic carbocycles. The SMILES string of the molecule is CC(C)Oc1ccc(Nc2[c]cccc2)cc1. The summed E-state index contributed by atoms with van der Waals surface area (Å²) in [6.45, 7) is 4.04. The lowest BCUT2D eigenvalue weighted by molar-refractivity contribution is 0.242. The lowest BCUT2D eigenvalue weighted by Gasteiger charge is -2.11. The topological polar surface area (TPSA) is 21.3 Å². The molecular weight excluding hydrogens is 210 g/mol. The average molecular weight is 226 g/mol. The second kappa shape index (κ2) is 5.39. The Morgan fingerprint density at radius 1 is 1.06 bits per heavy atom. The summed E-state index contributed by atoms with van der Waals surface area (Å²) in [6.07, 6.45) is 0.205. The standard InChI is InChI=1S/C15H16NO/c1-12(2)17-15-10-8-14(9-11-15)16-13-6-4-3-5-7-13/h3-6,8-12,16H,1-2H3. The number of nitrogens with one attached hydrogen (secondary N) is 1. The Morgan fingerprint density at radius 2 is 1.82 bits per heavy atom. The van der Waals surface area contributed by atoms with Crippen LogP contribution in [-0.4, -0.2) is 6.10 Å². The summed E-state index contributed by atoms with van der Waals surface area (Å²) < 4.78 is 5.58. The van der Waals surface area contributed by atoms with Crippen LogP contribution < -0.4 is 10.1 Å². The maximum Gasteiger partial charge on any atom is 0.119 e. The highest BCUT2D eigenvalue weighted by atomic mass is 16.5. The predicted octanol–water partition coefficient (Wildman–Crippen LogP) is 4.02. The molecule has 0 spiro atoms. The van der Waals surface area contributed by atoms with E-state index in [9.17, 15) is 0 Å². The van der Waals surface area contributed by atoms with Gasteiger partial charge in [-0.05, 0) is 44.2 Å². The van der Waals surface area contributed by atoms with E-state index < -0.39 is 0 Å². The fourth-order valence-corrected chi connectivity index (χ4v) is 1.52. The van der Waals surface area contributed by atoms with Gasteiger partial charge in [0.15, 0.2) is 0 Å². The highest BCUT2D eigenvalue weighted by molar-refractivity contribution is 5.59. The highest BCUT2D eigenvalue weighted by Crippen LogP contribution is 2.20. The molecule has 0 bridgehead atoms. The minimum absolute atomic E-state index is 0.205. The Kier molecular flexibility index (Phi) is 3.66. The molecule has 0 aliphatic heterocycles. The van der Waals surface area contributed by atoms with Gasteiger partial charge in [0, 0.05) is 17.4 Å². The van der Waals surface area contributed by atoms with E-state index in [1.807, 2.05) is 62.4 Å². The Labute approximate surface area is 102 Å². The van der Waals surface area contributed by atoms with Crippen molar-refractivity contribution in [3.05, 3.63) is 54.6 Å². The lowest BCUT2D eigenvalue weighted by atomic mass is 10.2.